The summed E-state index contributed by atoms with van der Waals surface area (Å²) in [5.41, 5.74) is 1.11. The van der Waals surface area contributed by atoms with Gasteiger partial charge in [0.2, 0.25) is 0 Å². The molecule has 4 heteroatoms. The van der Waals surface area contributed by atoms with Gasteiger partial charge in [0.15, 0.2) is 0 Å². The Morgan fingerprint density at radius 2 is 1.78 bits per heavy atom. The summed E-state index contributed by atoms with van der Waals surface area (Å²) in [6.07, 6.45) is 0. The van der Waals surface area contributed by atoms with Crippen molar-refractivity contribution in [2.45, 2.75) is 6.92 Å². The molecule has 0 atom stereocenters. The standard InChI is InChI=1S/C14H10F2O2/c1-8-4-9(6-11(16)5-8)13-7-10(15)2-3-12(13)14(17)18/h2-7H,1H3,(H,17,18). The molecule has 92 valence electrons. The van der Waals surface area contributed by atoms with E-state index >= 15 is 0 Å². The van der Waals surface area contributed by atoms with Gasteiger partial charge in [-0.15, -0.1) is 0 Å². The first kappa shape index (κ1) is 12.2. The Hall–Kier alpha value is -2.23. The Balaban J connectivity index is 2.68. The van der Waals surface area contributed by atoms with Crippen molar-refractivity contribution in [1.82, 2.24) is 0 Å². The Morgan fingerprint density at radius 3 is 2.39 bits per heavy atom. The van der Waals surface area contributed by atoms with E-state index < -0.39 is 17.6 Å². The van der Waals surface area contributed by atoms with E-state index in [0.29, 0.717) is 11.1 Å². The normalized spacial score (nSPS) is 10.4. The summed E-state index contributed by atoms with van der Waals surface area (Å²) in [6, 6.07) is 7.46. The van der Waals surface area contributed by atoms with Crippen molar-refractivity contribution in [3.05, 3.63) is 59.2 Å². The van der Waals surface area contributed by atoms with Gasteiger partial charge in [-0.05, 0) is 53.9 Å². The van der Waals surface area contributed by atoms with E-state index in [9.17, 15) is 13.6 Å². The second-order valence-electron chi connectivity index (χ2n) is 4.01. The van der Waals surface area contributed by atoms with Crippen molar-refractivity contribution in [3.63, 3.8) is 0 Å². The van der Waals surface area contributed by atoms with Gasteiger partial charge in [0.1, 0.15) is 11.6 Å². The SMILES string of the molecule is Cc1cc(F)cc(-c2cc(F)ccc2C(=O)O)c1. The fraction of sp³-hybridized carbons (Fsp3) is 0.0714. The van der Waals surface area contributed by atoms with Gasteiger partial charge in [0.05, 0.1) is 5.56 Å². The van der Waals surface area contributed by atoms with Crippen molar-refractivity contribution in [2.24, 2.45) is 0 Å². The highest BCUT2D eigenvalue weighted by molar-refractivity contribution is 5.96. The van der Waals surface area contributed by atoms with Crippen LogP contribution in [0.3, 0.4) is 0 Å². The van der Waals surface area contributed by atoms with Crippen LogP contribution in [0.25, 0.3) is 11.1 Å². The van der Waals surface area contributed by atoms with Crippen molar-refractivity contribution in [2.75, 3.05) is 0 Å². The summed E-state index contributed by atoms with van der Waals surface area (Å²) in [7, 11) is 0. The van der Waals surface area contributed by atoms with Crippen LogP contribution in [0.2, 0.25) is 0 Å². The molecule has 0 amide bonds. The van der Waals surface area contributed by atoms with Crippen LogP contribution in [0.1, 0.15) is 15.9 Å². The number of hydrogen-bond acceptors (Lipinski definition) is 1. The number of carboxylic acid groups (broad SMARTS) is 1. The summed E-state index contributed by atoms with van der Waals surface area (Å²) in [6.45, 7) is 1.69. The smallest absolute Gasteiger partial charge is 0.336 e. The predicted molar refractivity (Wildman–Crippen MR) is 63.5 cm³/mol. The largest absolute Gasteiger partial charge is 0.478 e. The summed E-state index contributed by atoms with van der Waals surface area (Å²) in [5.74, 6) is -2.21. The molecule has 2 nitrogen and oxygen atoms in total. The van der Waals surface area contributed by atoms with Crippen molar-refractivity contribution in [1.29, 1.82) is 0 Å². The average molecular weight is 248 g/mol. The number of aromatic carboxylic acids is 1. The summed E-state index contributed by atoms with van der Waals surface area (Å²) < 4.78 is 26.5. The van der Waals surface area contributed by atoms with Crippen LogP contribution in [0.5, 0.6) is 0 Å². The first-order valence-electron chi connectivity index (χ1n) is 5.28. The van der Waals surface area contributed by atoms with E-state index in [0.717, 1.165) is 12.1 Å². The van der Waals surface area contributed by atoms with Gasteiger partial charge >= 0.3 is 5.97 Å². The summed E-state index contributed by atoms with van der Waals surface area (Å²) in [5, 5.41) is 9.04. The zero-order valence-corrected chi connectivity index (χ0v) is 9.58. The van der Waals surface area contributed by atoms with E-state index in [1.54, 1.807) is 13.0 Å². The van der Waals surface area contributed by atoms with Gasteiger partial charge in [-0.3, -0.25) is 0 Å². The van der Waals surface area contributed by atoms with E-state index in [1.165, 1.54) is 18.2 Å². The van der Waals surface area contributed by atoms with Crippen molar-refractivity contribution in [3.8, 4) is 11.1 Å². The third-order valence-electron chi connectivity index (χ3n) is 2.57. The van der Waals surface area contributed by atoms with Gasteiger partial charge in [-0.1, -0.05) is 6.07 Å². The van der Waals surface area contributed by atoms with Crippen LogP contribution in [0, 0.1) is 18.6 Å². The molecular weight excluding hydrogens is 238 g/mol. The lowest BCUT2D eigenvalue weighted by Crippen LogP contribution is -2.00. The number of carbonyl (C=O) groups is 1. The zero-order valence-electron chi connectivity index (χ0n) is 9.58. The molecule has 18 heavy (non-hydrogen) atoms. The van der Waals surface area contributed by atoms with E-state index in [4.69, 9.17) is 5.11 Å². The average Bonchev–Trinajstić information content (AvgIpc) is 2.27. The maximum absolute atomic E-state index is 13.3. The minimum Gasteiger partial charge on any atom is -0.478 e. The monoisotopic (exact) mass is 248 g/mol. The van der Waals surface area contributed by atoms with Crippen LogP contribution in [-0.2, 0) is 0 Å². The van der Waals surface area contributed by atoms with Crippen molar-refractivity contribution >= 4 is 5.97 Å². The number of benzene rings is 2. The Kier molecular flexibility index (Phi) is 3.10. The number of carboxylic acids is 1. The Morgan fingerprint density at radius 1 is 1.06 bits per heavy atom. The number of hydrogen-bond donors (Lipinski definition) is 1. The first-order valence-corrected chi connectivity index (χ1v) is 5.28. The highest BCUT2D eigenvalue weighted by atomic mass is 19.1. The molecule has 0 bridgehead atoms. The van der Waals surface area contributed by atoms with Crippen LogP contribution in [0.4, 0.5) is 8.78 Å². The highest BCUT2D eigenvalue weighted by Gasteiger charge is 2.13. The van der Waals surface area contributed by atoms with Gasteiger partial charge in [-0.25, -0.2) is 13.6 Å². The van der Waals surface area contributed by atoms with Gasteiger partial charge in [0.25, 0.3) is 0 Å². The lowest BCUT2D eigenvalue weighted by molar-refractivity contribution is 0.0697. The molecule has 0 radical (unpaired) electrons. The fourth-order valence-electron chi connectivity index (χ4n) is 1.83. The van der Waals surface area contributed by atoms with Crippen LogP contribution < -0.4 is 0 Å². The lowest BCUT2D eigenvalue weighted by Gasteiger charge is -2.08. The quantitative estimate of drug-likeness (QED) is 0.880. The predicted octanol–water partition coefficient (Wildman–Crippen LogP) is 3.64. The second kappa shape index (κ2) is 4.56. The molecule has 1 N–H and O–H groups in total. The fourth-order valence-corrected chi connectivity index (χ4v) is 1.83. The topological polar surface area (TPSA) is 37.3 Å². The minimum absolute atomic E-state index is 0.0543. The highest BCUT2D eigenvalue weighted by Crippen LogP contribution is 2.26. The zero-order chi connectivity index (χ0) is 13.3. The minimum atomic E-state index is -1.17. The van der Waals surface area contributed by atoms with Crippen LogP contribution in [-0.4, -0.2) is 11.1 Å². The summed E-state index contributed by atoms with van der Waals surface area (Å²) >= 11 is 0. The second-order valence-corrected chi connectivity index (χ2v) is 4.01. The Labute approximate surface area is 103 Å². The number of aryl methyl sites for hydroxylation is 1. The Bertz CT molecular complexity index is 601. The van der Waals surface area contributed by atoms with Gasteiger partial charge in [0, 0.05) is 0 Å². The van der Waals surface area contributed by atoms with E-state index in [2.05, 4.69) is 0 Å². The summed E-state index contributed by atoms with van der Waals surface area (Å²) in [4.78, 5) is 11.1. The molecule has 0 spiro atoms. The molecule has 2 rings (SSSR count). The molecule has 0 fully saturated rings. The molecule has 2 aromatic carbocycles. The molecular formula is C14H10F2O2. The first-order chi connectivity index (χ1) is 8.47. The molecule has 0 aliphatic rings. The molecule has 0 heterocycles. The van der Waals surface area contributed by atoms with E-state index in [-0.39, 0.29) is 11.1 Å². The van der Waals surface area contributed by atoms with Crippen molar-refractivity contribution < 1.29 is 18.7 Å². The third kappa shape index (κ3) is 2.37. The lowest BCUT2D eigenvalue weighted by atomic mass is 9.98. The molecule has 0 aliphatic heterocycles. The number of rotatable bonds is 2. The number of halogens is 2. The van der Waals surface area contributed by atoms with Gasteiger partial charge < -0.3 is 5.11 Å². The molecule has 0 unspecified atom stereocenters. The van der Waals surface area contributed by atoms with Crippen LogP contribution >= 0.6 is 0 Å². The molecule has 0 saturated carbocycles. The molecule has 0 saturated heterocycles. The van der Waals surface area contributed by atoms with Crippen LogP contribution in [0.15, 0.2) is 36.4 Å². The van der Waals surface area contributed by atoms with E-state index in [1.807, 2.05) is 0 Å². The molecule has 0 aliphatic carbocycles. The molecule has 2 aromatic rings. The van der Waals surface area contributed by atoms with Gasteiger partial charge in [-0.2, -0.15) is 0 Å². The third-order valence-corrected chi connectivity index (χ3v) is 2.57. The maximum atomic E-state index is 13.3. The molecule has 0 aromatic heterocycles. The maximum Gasteiger partial charge on any atom is 0.336 e.